The maximum Gasteiger partial charge on any atom is 0.210 e. The number of hydrogen-bond acceptors (Lipinski definition) is 6. The van der Waals surface area contributed by atoms with Crippen molar-refractivity contribution in [3.63, 3.8) is 0 Å². The molecule has 1 amide bonds. The summed E-state index contributed by atoms with van der Waals surface area (Å²) >= 11 is 0. The number of carbonyl (C=O) groups is 1. The van der Waals surface area contributed by atoms with Crippen LogP contribution in [-0.4, -0.2) is 43.6 Å². The Hall–Kier alpha value is -4.01. The largest absolute Gasteiger partial charge is 0.457 e. The highest BCUT2D eigenvalue weighted by atomic mass is 19.1. The quantitative estimate of drug-likeness (QED) is 0.408. The molecule has 2 aromatic heterocycles. The van der Waals surface area contributed by atoms with Gasteiger partial charge in [-0.1, -0.05) is 18.2 Å². The lowest BCUT2D eigenvalue weighted by Crippen LogP contribution is -2.32. The topological polar surface area (TPSA) is 99.2 Å². The lowest BCUT2D eigenvalue weighted by molar-refractivity contribution is -0.119. The van der Waals surface area contributed by atoms with Crippen LogP contribution in [0.4, 0.5) is 10.2 Å². The van der Waals surface area contributed by atoms with Crippen LogP contribution in [0, 0.1) is 24.1 Å². The lowest BCUT2D eigenvalue weighted by Gasteiger charge is -2.19. The predicted octanol–water partition coefficient (Wildman–Crippen LogP) is 4.08. The van der Waals surface area contributed by atoms with Crippen LogP contribution in [0.15, 0.2) is 54.9 Å². The van der Waals surface area contributed by atoms with E-state index < -0.39 is 5.82 Å². The molecule has 0 bridgehead atoms. The number of hydrogen-bond donors (Lipinski definition) is 1. The summed E-state index contributed by atoms with van der Waals surface area (Å²) in [6.45, 7) is 1.20. The van der Waals surface area contributed by atoms with Gasteiger partial charge >= 0.3 is 0 Å². The number of anilines is 1. The van der Waals surface area contributed by atoms with E-state index in [-0.39, 0.29) is 17.4 Å². The third-order valence-electron chi connectivity index (χ3n) is 6.85. The highest BCUT2D eigenvalue weighted by Gasteiger charge is 2.41. The van der Waals surface area contributed by atoms with Gasteiger partial charge in [0.1, 0.15) is 35.2 Å². The monoisotopic (exact) mass is 471 g/mol. The number of amides is 1. The number of halogens is 1. The number of nitrogens with zero attached hydrogens (tertiary/aromatic N) is 5. The summed E-state index contributed by atoms with van der Waals surface area (Å²) in [4.78, 5) is 22.1. The molecule has 6 rings (SSSR count). The number of likely N-dealkylation sites (tertiary alicyclic amines) is 1. The number of fused-ring (bicyclic) bond motifs is 1. The molecular weight excluding hydrogens is 447 g/mol. The van der Waals surface area contributed by atoms with Crippen LogP contribution in [0.5, 0.6) is 11.5 Å². The Labute approximate surface area is 201 Å². The van der Waals surface area contributed by atoms with Crippen molar-refractivity contribution in [2.24, 2.45) is 11.8 Å². The Morgan fingerprint density at radius 3 is 2.71 bits per heavy atom. The molecule has 8 nitrogen and oxygen atoms in total. The fraction of sp³-hybridized carbons (Fsp3) is 0.269. The van der Waals surface area contributed by atoms with Crippen LogP contribution in [0.1, 0.15) is 12.8 Å². The summed E-state index contributed by atoms with van der Waals surface area (Å²) in [6, 6.07) is 13.8. The number of nitrogens with two attached hydrogens (primary N) is 1. The summed E-state index contributed by atoms with van der Waals surface area (Å²) in [5.41, 5.74) is 7.36. The van der Waals surface area contributed by atoms with E-state index in [1.807, 2.05) is 23.1 Å². The molecule has 1 saturated carbocycles. The normalized spacial score (nSPS) is 19.9. The smallest absolute Gasteiger partial charge is 0.210 e. The van der Waals surface area contributed by atoms with E-state index in [1.54, 1.807) is 28.9 Å². The fourth-order valence-corrected chi connectivity index (χ4v) is 4.98. The van der Waals surface area contributed by atoms with E-state index in [2.05, 4.69) is 16.4 Å². The zero-order chi connectivity index (χ0) is 23.9. The maximum atomic E-state index is 15.3. The molecule has 1 aliphatic heterocycles. The van der Waals surface area contributed by atoms with E-state index in [0.29, 0.717) is 46.6 Å². The Morgan fingerprint density at radius 1 is 1.14 bits per heavy atom. The molecule has 2 fully saturated rings. The van der Waals surface area contributed by atoms with Crippen LogP contribution >= 0.6 is 0 Å². The average molecular weight is 472 g/mol. The first-order chi connectivity index (χ1) is 17.1. The van der Waals surface area contributed by atoms with Gasteiger partial charge in [0.05, 0.1) is 18.0 Å². The molecule has 2 N–H and O–H groups in total. The van der Waals surface area contributed by atoms with Gasteiger partial charge in [0.15, 0.2) is 5.65 Å². The molecule has 1 aliphatic carbocycles. The van der Waals surface area contributed by atoms with Crippen molar-refractivity contribution in [2.75, 3.05) is 12.3 Å². The van der Waals surface area contributed by atoms with Crippen LogP contribution in [-0.2, 0) is 11.3 Å². The molecule has 2 aromatic carbocycles. The van der Waals surface area contributed by atoms with Crippen LogP contribution in [0.3, 0.4) is 0 Å². The number of benzene rings is 2. The highest BCUT2D eigenvalue weighted by molar-refractivity contribution is 5.98. The second-order valence-corrected chi connectivity index (χ2v) is 9.13. The Kier molecular flexibility index (Phi) is 5.32. The van der Waals surface area contributed by atoms with E-state index in [0.717, 1.165) is 25.8 Å². The second kappa shape index (κ2) is 8.65. The van der Waals surface area contributed by atoms with E-state index in [4.69, 9.17) is 15.6 Å². The van der Waals surface area contributed by atoms with Gasteiger partial charge < -0.3 is 15.4 Å². The third-order valence-corrected chi connectivity index (χ3v) is 6.85. The molecule has 177 valence electrons. The third kappa shape index (κ3) is 4.07. The summed E-state index contributed by atoms with van der Waals surface area (Å²) in [6.07, 6.45) is 6.59. The fourth-order valence-electron chi connectivity index (χ4n) is 4.98. The Morgan fingerprint density at radius 2 is 1.97 bits per heavy atom. The second-order valence-electron chi connectivity index (χ2n) is 9.13. The van der Waals surface area contributed by atoms with E-state index >= 15 is 4.39 Å². The lowest BCUT2D eigenvalue weighted by atomic mass is 10.0. The molecule has 2 unspecified atom stereocenters. The van der Waals surface area contributed by atoms with Crippen molar-refractivity contribution >= 4 is 23.3 Å². The van der Waals surface area contributed by atoms with Crippen LogP contribution < -0.4 is 10.5 Å². The Bertz CT molecular complexity index is 1390. The van der Waals surface area contributed by atoms with Crippen molar-refractivity contribution in [3.8, 4) is 22.8 Å². The zero-order valence-corrected chi connectivity index (χ0v) is 18.9. The SMILES string of the molecule is Nc1ncnc2c1c(-c1ccc(Oc3ccccc3)cc1F)nn2C[C@@H]1CC(C2[CH]C2)CN1C=O. The number of ether oxygens (including phenoxy) is 1. The minimum atomic E-state index is -0.493. The summed E-state index contributed by atoms with van der Waals surface area (Å²) in [5, 5.41) is 5.21. The highest BCUT2D eigenvalue weighted by Crippen LogP contribution is 2.42. The first kappa shape index (κ1) is 21.5. The zero-order valence-electron chi connectivity index (χ0n) is 18.9. The van der Waals surface area contributed by atoms with Crippen LogP contribution in [0.2, 0.25) is 0 Å². The molecule has 1 radical (unpaired) electrons. The van der Waals surface area contributed by atoms with Crippen molar-refractivity contribution in [1.82, 2.24) is 24.6 Å². The Balaban J connectivity index is 1.34. The first-order valence-corrected chi connectivity index (χ1v) is 11.6. The maximum absolute atomic E-state index is 15.3. The number of aromatic nitrogens is 4. The molecule has 1 saturated heterocycles. The molecule has 3 atom stereocenters. The minimum absolute atomic E-state index is 0.00913. The van der Waals surface area contributed by atoms with Gasteiger partial charge in [0, 0.05) is 18.2 Å². The van der Waals surface area contributed by atoms with Crippen molar-refractivity contribution in [3.05, 3.63) is 67.1 Å². The van der Waals surface area contributed by atoms with Gasteiger partial charge in [-0.3, -0.25) is 4.79 Å². The van der Waals surface area contributed by atoms with E-state index in [9.17, 15) is 4.79 Å². The van der Waals surface area contributed by atoms with Gasteiger partial charge in [-0.05, 0) is 55.4 Å². The van der Waals surface area contributed by atoms with Crippen LogP contribution in [0.25, 0.3) is 22.3 Å². The van der Waals surface area contributed by atoms with Crippen molar-refractivity contribution in [1.29, 1.82) is 0 Å². The number of nitrogen functional groups attached to an aromatic ring is 1. The molecule has 9 heteroatoms. The van der Waals surface area contributed by atoms with Gasteiger partial charge in [-0.2, -0.15) is 5.10 Å². The van der Waals surface area contributed by atoms with E-state index in [1.165, 1.54) is 12.4 Å². The number of carbonyl (C=O) groups excluding carboxylic acids is 1. The molecule has 3 heterocycles. The standard InChI is InChI=1S/C26H24FN6O2/c27-22-11-20(35-19-4-2-1-3-5-19)8-9-21(22)24-23-25(28)29-14-30-26(23)33(31-24)13-18-10-17(16-6-7-16)12-32(18)15-34/h1-6,8-9,11,14-18H,7,10,12-13H2,(H2,28,29,30)/t16?,17?,18-/m0/s1. The molecule has 4 aromatic rings. The average Bonchev–Trinajstić information content (AvgIpc) is 3.54. The first-order valence-electron chi connectivity index (χ1n) is 11.6. The molecular formula is C26H24FN6O2. The predicted molar refractivity (Wildman–Crippen MR) is 129 cm³/mol. The van der Waals surface area contributed by atoms with Gasteiger partial charge in [0.2, 0.25) is 6.41 Å². The summed E-state index contributed by atoms with van der Waals surface area (Å²) in [5.74, 6) is 1.79. The minimum Gasteiger partial charge on any atom is -0.457 e. The van der Waals surface area contributed by atoms with Gasteiger partial charge in [-0.15, -0.1) is 0 Å². The van der Waals surface area contributed by atoms with Crippen molar-refractivity contribution < 1.29 is 13.9 Å². The number of para-hydroxylation sites is 1. The van der Waals surface area contributed by atoms with Gasteiger partial charge in [-0.25, -0.2) is 19.0 Å². The molecule has 0 spiro atoms. The molecule has 2 aliphatic rings. The summed E-state index contributed by atoms with van der Waals surface area (Å²) in [7, 11) is 0. The van der Waals surface area contributed by atoms with Crippen molar-refractivity contribution in [2.45, 2.75) is 25.4 Å². The van der Waals surface area contributed by atoms with Gasteiger partial charge in [0.25, 0.3) is 0 Å². The number of rotatable bonds is 7. The summed E-state index contributed by atoms with van der Waals surface area (Å²) < 4.78 is 22.8. The molecule has 35 heavy (non-hydrogen) atoms.